The number of Topliss-reactive ketones (excluding diaryl/α,β-unsaturated/α-hetero) is 1. The van der Waals surface area contributed by atoms with E-state index in [9.17, 15) is 32.4 Å². The van der Waals surface area contributed by atoms with Gasteiger partial charge < -0.3 is 26.2 Å². The van der Waals surface area contributed by atoms with Gasteiger partial charge in [0.25, 0.3) is 5.91 Å². The Bertz CT molecular complexity index is 1460. The molecule has 1 saturated heterocycles. The molecular formula is C35H58N6O7S. The van der Waals surface area contributed by atoms with Crippen LogP contribution in [0.3, 0.4) is 0 Å². The van der Waals surface area contributed by atoms with E-state index in [1.807, 2.05) is 34.6 Å². The van der Waals surface area contributed by atoms with Crippen LogP contribution in [0.2, 0.25) is 0 Å². The zero-order valence-corrected chi connectivity index (χ0v) is 32.1. The van der Waals surface area contributed by atoms with Crippen molar-refractivity contribution in [1.29, 1.82) is 0 Å². The SMILES string of the molecule is C#CCC(NC(=O)[C@@H]1[C@@H]2[C@H](CN1C(=O)[C@@H](NC(=O)N[C@H](CN(C)S(=O)(=O)C(C)(C)C)C(C)(C)C)C(C)(C)C)C2(C)C)C(=O)C(=O)NCC=C. The molecule has 6 atom stereocenters. The zero-order chi connectivity index (χ0) is 38.1. The van der Waals surface area contributed by atoms with Crippen molar-refractivity contribution in [2.75, 3.05) is 26.7 Å². The maximum atomic E-state index is 14.3. The van der Waals surface area contributed by atoms with Gasteiger partial charge in [0.2, 0.25) is 27.6 Å². The molecule has 0 bridgehead atoms. The third-order valence-electron chi connectivity index (χ3n) is 9.71. The Hall–Kier alpha value is -3.44. The lowest BCUT2D eigenvalue weighted by Gasteiger charge is -2.39. The number of fused-ring (bicyclic) bond motifs is 1. The second-order valence-electron chi connectivity index (χ2n) is 17.0. The molecule has 0 aromatic carbocycles. The van der Waals surface area contributed by atoms with E-state index in [2.05, 4.69) is 33.8 Å². The van der Waals surface area contributed by atoms with Crippen LogP contribution >= 0.6 is 0 Å². The molecule has 1 aliphatic heterocycles. The van der Waals surface area contributed by atoms with Gasteiger partial charge in [-0.25, -0.2) is 17.5 Å². The molecule has 0 aromatic rings. The Morgan fingerprint density at radius 1 is 1.00 bits per heavy atom. The van der Waals surface area contributed by atoms with Gasteiger partial charge in [0.15, 0.2) is 0 Å². The fourth-order valence-corrected chi connectivity index (χ4v) is 7.59. The first-order chi connectivity index (χ1) is 22.1. The van der Waals surface area contributed by atoms with Crippen LogP contribution < -0.4 is 21.3 Å². The Morgan fingerprint density at radius 2 is 1.57 bits per heavy atom. The number of urea groups is 1. The van der Waals surface area contributed by atoms with Gasteiger partial charge in [-0.1, -0.05) is 61.5 Å². The van der Waals surface area contributed by atoms with Crippen molar-refractivity contribution in [2.24, 2.45) is 28.1 Å². The summed E-state index contributed by atoms with van der Waals surface area (Å²) in [6, 6.07) is -4.63. The minimum atomic E-state index is -3.69. The number of carbonyl (C=O) groups excluding carboxylic acids is 5. The average Bonchev–Trinajstić information content (AvgIpc) is 3.26. The van der Waals surface area contributed by atoms with Crippen molar-refractivity contribution in [3.8, 4) is 12.3 Å². The molecule has 5 amide bonds. The van der Waals surface area contributed by atoms with Gasteiger partial charge in [-0.3, -0.25) is 19.2 Å². The number of nitrogens with zero attached hydrogens (tertiary/aromatic N) is 2. The van der Waals surface area contributed by atoms with Crippen molar-refractivity contribution in [3.05, 3.63) is 12.7 Å². The molecule has 4 N–H and O–H groups in total. The van der Waals surface area contributed by atoms with E-state index >= 15 is 0 Å². The molecule has 276 valence electrons. The quantitative estimate of drug-likeness (QED) is 0.129. The van der Waals surface area contributed by atoms with E-state index < -0.39 is 79.3 Å². The van der Waals surface area contributed by atoms with Crippen LogP contribution in [0, 0.1) is 40.4 Å². The number of amides is 5. The number of hydrogen-bond donors (Lipinski definition) is 4. The van der Waals surface area contributed by atoms with Crippen LogP contribution in [0.15, 0.2) is 12.7 Å². The number of likely N-dealkylation sites (N-methyl/N-ethyl adjacent to an activating group) is 1. The highest BCUT2D eigenvalue weighted by atomic mass is 32.2. The smallest absolute Gasteiger partial charge is 0.315 e. The van der Waals surface area contributed by atoms with Crippen LogP contribution in [0.5, 0.6) is 0 Å². The van der Waals surface area contributed by atoms with Gasteiger partial charge in [-0.2, -0.15) is 0 Å². The number of likely N-dealkylation sites (tertiary alicyclic amines) is 1. The third kappa shape index (κ3) is 9.42. The van der Waals surface area contributed by atoms with Crippen molar-refractivity contribution in [3.63, 3.8) is 0 Å². The highest BCUT2D eigenvalue weighted by Crippen LogP contribution is 2.65. The fraction of sp³-hybridized carbons (Fsp3) is 0.743. The Balaban J connectivity index is 2.35. The monoisotopic (exact) mass is 706 g/mol. The van der Waals surface area contributed by atoms with E-state index in [4.69, 9.17) is 6.42 Å². The lowest BCUT2D eigenvalue weighted by molar-refractivity contribution is -0.145. The topological polar surface area (TPSA) is 174 Å². The van der Waals surface area contributed by atoms with E-state index in [1.54, 1.807) is 41.5 Å². The summed E-state index contributed by atoms with van der Waals surface area (Å²) in [6.45, 7) is 23.7. The zero-order valence-electron chi connectivity index (χ0n) is 31.3. The van der Waals surface area contributed by atoms with Crippen LogP contribution in [0.4, 0.5) is 4.79 Å². The molecule has 1 saturated carbocycles. The Morgan fingerprint density at radius 3 is 2.04 bits per heavy atom. The number of carbonyl (C=O) groups is 5. The van der Waals surface area contributed by atoms with E-state index in [0.29, 0.717) is 0 Å². The molecule has 14 heteroatoms. The molecule has 2 aliphatic rings. The lowest BCUT2D eigenvalue weighted by atomic mass is 9.85. The number of hydrogen-bond acceptors (Lipinski definition) is 7. The van der Waals surface area contributed by atoms with Crippen molar-refractivity contribution in [2.45, 2.75) is 111 Å². The summed E-state index contributed by atoms with van der Waals surface area (Å²) in [5, 5.41) is 10.7. The second-order valence-corrected chi connectivity index (χ2v) is 19.8. The minimum absolute atomic E-state index is 0.000619. The van der Waals surface area contributed by atoms with Crippen molar-refractivity contribution >= 4 is 39.6 Å². The summed E-state index contributed by atoms with van der Waals surface area (Å²) in [5.41, 5.74) is -1.61. The van der Waals surface area contributed by atoms with Crippen molar-refractivity contribution in [1.82, 2.24) is 30.5 Å². The summed E-state index contributed by atoms with van der Waals surface area (Å²) in [4.78, 5) is 68.5. The van der Waals surface area contributed by atoms with Gasteiger partial charge in [-0.15, -0.1) is 18.9 Å². The highest BCUT2D eigenvalue weighted by Gasteiger charge is 2.70. The average molecular weight is 707 g/mol. The molecule has 1 aliphatic carbocycles. The number of terminal acetylenes is 1. The molecule has 13 nitrogen and oxygen atoms in total. The van der Waals surface area contributed by atoms with E-state index in [0.717, 1.165) is 0 Å². The summed E-state index contributed by atoms with van der Waals surface area (Å²) in [7, 11) is -2.21. The van der Waals surface area contributed by atoms with Gasteiger partial charge in [0.1, 0.15) is 18.1 Å². The van der Waals surface area contributed by atoms with Crippen molar-refractivity contribution < 1.29 is 32.4 Å². The first-order valence-corrected chi connectivity index (χ1v) is 18.1. The van der Waals surface area contributed by atoms with Gasteiger partial charge >= 0.3 is 6.03 Å². The molecule has 0 aromatic heterocycles. The molecule has 2 rings (SSSR count). The predicted molar refractivity (Wildman–Crippen MR) is 189 cm³/mol. The predicted octanol–water partition coefficient (Wildman–Crippen LogP) is 2.04. The van der Waals surface area contributed by atoms with Crippen LogP contribution in [-0.2, 0) is 29.2 Å². The molecule has 0 spiro atoms. The molecule has 1 heterocycles. The molecular weight excluding hydrogens is 648 g/mol. The standard InChI is InChI=1S/C35H58N6O7S/c1-15-17-22(26(42)29(44)36-18-16-2)37-28(43)25-24-21(35(24,12)13)19-41(25)30(45)27(33(6,7)8)39-31(46)38-23(32(3,4)5)20-40(14)49(47,48)34(9,10)11/h1,16,21-25,27H,2,17-20H2,3-14H3,(H,36,44)(H,37,43)(H2,38,39,46)/t21-,22?,23+,24-,25-,27+/m0/s1. The fourth-order valence-electron chi connectivity index (χ4n) is 6.31. The van der Waals surface area contributed by atoms with Gasteiger partial charge in [0.05, 0.1) is 4.75 Å². The number of nitrogens with one attached hydrogen (secondary N) is 4. The Labute approximate surface area is 293 Å². The summed E-state index contributed by atoms with van der Waals surface area (Å²) < 4.78 is 26.4. The first-order valence-electron chi connectivity index (χ1n) is 16.6. The molecule has 49 heavy (non-hydrogen) atoms. The summed E-state index contributed by atoms with van der Waals surface area (Å²) in [6.07, 6.45) is 6.66. The minimum Gasteiger partial charge on any atom is -0.346 e. The normalized spacial score (nSPS) is 22.1. The second kappa shape index (κ2) is 14.8. The first kappa shape index (κ1) is 41.7. The van der Waals surface area contributed by atoms with Crippen LogP contribution in [0.25, 0.3) is 0 Å². The number of piperidine rings is 1. The summed E-state index contributed by atoms with van der Waals surface area (Å²) in [5.74, 6) is -0.782. The molecule has 1 unspecified atom stereocenters. The molecule has 2 fully saturated rings. The molecule has 0 radical (unpaired) electrons. The van der Waals surface area contributed by atoms with Crippen LogP contribution in [-0.4, -0.2) is 103 Å². The van der Waals surface area contributed by atoms with Crippen LogP contribution in [0.1, 0.15) is 82.6 Å². The maximum absolute atomic E-state index is 14.3. The van der Waals surface area contributed by atoms with E-state index in [-0.39, 0.29) is 43.3 Å². The van der Waals surface area contributed by atoms with Gasteiger partial charge in [0, 0.05) is 39.1 Å². The lowest BCUT2D eigenvalue weighted by Crippen LogP contribution is -2.63. The largest absolute Gasteiger partial charge is 0.346 e. The Kier molecular flexibility index (Phi) is 12.6. The third-order valence-corrected chi connectivity index (χ3v) is 12.2. The highest BCUT2D eigenvalue weighted by molar-refractivity contribution is 7.90. The maximum Gasteiger partial charge on any atom is 0.315 e. The summed E-state index contributed by atoms with van der Waals surface area (Å²) >= 11 is 0. The number of rotatable bonds is 13. The number of ketones is 1. The van der Waals surface area contributed by atoms with E-state index in [1.165, 1.54) is 22.3 Å². The van der Waals surface area contributed by atoms with Gasteiger partial charge in [-0.05, 0) is 48.9 Å². The number of sulfonamides is 1.